The molecule has 1 aromatic rings. The molecule has 3 heteroatoms. The van der Waals surface area contributed by atoms with Crippen molar-refractivity contribution in [1.29, 1.82) is 0 Å². The first-order valence-electron chi connectivity index (χ1n) is 2.86. The van der Waals surface area contributed by atoms with Gasteiger partial charge in [0.25, 0.3) is 0 Å². The third kappa shape index (κ3) is 1.34. The van der Waals surface area contributed by atoms with Crippen LogP contribution in [0.1, 0.15) is 5.56 Å². The van der Waals surface area contributed by atoms with E-state index >= 15 is 0 Å². The van der Waals surface area contributed by atoms with Gasteiger partial charge in [0.2, 0.25) is 0 Å². The molecule has 0 radical (unpaired) electrons. The minimum absolute atomic E-state index is 0.262. The predicted molar refractivity (Wildman–Crippen MR) is 50.0 cm³/mol. The maximum Gasteiger partial charge on any atom is 0.131 e. The highest BCUT2D eigenvalue weighted by Gasteiger charge is 2.00. The molecule has 10 heavy (non-hydrogen) atoms. The maximum atomic E-state index is 9.19. The number of anilines is 1. The zero-order valence-corrected chi connectivity index (χ0v) is 7.71. The van der Waals surface area contributed by atoms with Crippen LogP contribution in [0.3, 0.4) is 0 Å². The van der Waals surface area contributed by atoms with E-state index in [-0.39, 0.29) is 5.75 Å². The number of benzene rings is 1. The van der Waals surface area contributed by atoms with Gasteiger partial charge in [-0.05, 0) is 41.1 Å². The molecule has 0 saturated carbocycles. The van der Waals surface area contributed by atoms with Gasteiger partial charge in [-0.1, -0.05) is 0 Å². The summed E-state index contributed by atoms with van der Waals surface area (Å²) in [5.41, 5.74) is 7.08. The highest BCUT2D eigenvalue weighted by atomic mass is 127. The van der Waals surface area contributed by atoms with E-state index in [1.165, 1.54) is 0 Å². The van der Waals surface area contributed by atoms with Gasteiger partial charge in [-0.25, -0.2) is 0 Å². The SMILES string of the molecule is Cc1cc(N)cc(O)c1I. The van der Waals surface area contributed by atoms with E-state index in [2.05, 4.69) is 22.6 Å². The summed E-state index contributed by atoms with van der Waals surface area (Å²) in [7, 11) is 0. The van der Waals surface area contributed by atoms with Crippen LogP contribution in [0.4, 0.5) is 5.69 Å². The van der Waals surface area contributed by atoms with E-state index in [1.807, 2.05) is 13.0 Å². The molecule has 54 valence electrons. The van der Waals surface area contributed by atoms with Crippen LogP contribution in [-0.4, -0.2) is 5.11 Å². The molecule has 0 spiro atoms. The molecule has 0 unspecified atom stereocenters. The molecule has 0 heterocycles. The largest absolute Gasteiger partial charge is 0.507 e. The molecular weight excluding hydrogens is 241 g/mol. The van der Waals surface area contributed by atoms with Crippen LogP contribution in [0.15, 0.2) is 12.1 Å². The lowest BCUT2D eigenvalue weighted by Crippen LogP contribution is -1.88. The van der Waals surface area contributed by atoms with E-state index in [4.69, 9.17) is 5.73 Å². The summed E-state index contributed by atoms with van der Waals surface area (Å²) in [5, 5.41) is 9.19. The molecule has 0 aliphatic carbocycles. The summed E-state index contributed by atoms with van der Waals surface area (Å²) in [4.78, 5) is 0. The minimum atomic E-state index is 0.262. The van der Waals surface area contributed by atoms with Gasteiger partial charge in [0.05, 0.1) is 3.57 Å². The van der Waals surface area contributed by atoms with Crippen LogP contribution in [-0.2, 0) is 0 Å². The second-order valence-electron chi connectivity index (χ2n) is 2.17. The standard InChI is InChI=1S/C7H8INO/c1-4-2-5(9)3-6(10)7(4)8/h2-3,10H,9H2,1H3. The van der Waals surface area contributed by atoms with Gasteiger partial charge in [-0.3, -0.25) is 0 Å². The van der Waals surface area contributed by atoms with Crippen LogP contribution < -0.4 is 5.73 Å². The smallest absolute Gasteiger partial charge is 0.131 e. The lowest BCUT2D eigenvalue weighted by molar-refractivity contribution is 0.471. The Morgan fingerprint density at radius 2 is 2.10 bits per heavy atom. The molecule has 0 aliphatic heterocycles. The molecule has 2 nitrogen and oxygen atoms in total. The molecule has 1 rings (SSSR count). The number of hydrogen-bond acceptors (Lipinski definition) is 2. The zero-order valence-electron chi connectivity index (χ0n) is 5.56. The van der Waals surface area contributed by atoms with Crippen molar-refractivity contribution < 1.29 is 5.11 Å². The van der Waals surface area contributed by atoms with E-state index in [9.17, 15) is 5.11 Å². The third-order valence-corrected chi connectivity index (χ3v) is 2.66. The predicted octanol–water partition coefficient (Wildman–Crippen LogP) is 1.89. The highest BCUT2D eigenvalue weighted by Crippen LogP contribution is 2.25. The van der Waals surface area contributed by atoms with Crippen molar-refractivity contribution in [2.24, 2.45) is 0 Å². The lowest BCUT2D eigenvalue weighted by atomic mass is 10.2. The Balaban J connectivity index is 3.31. The average Bonchev–Trinajstić information content (AvgIpc) is 1.82. The van der Waals surface area contributed by atoms with Crippen molar-refractivity contribution in [3.63, 3.8) is 0 Å². The number of halogens is 1. The number of aryl methyl sites for hydroxylation is 1. The highest BCUT2D eigenvalue weighted by molar-refractivity contribution is 14.1. The lowest BCUT2D eigenvalue weighted by Gasteiger charge is -2.01. The fourth-order valence-electron chi connectivity index (χ4n) is 0.778. The second kappa shape index (κ2) is 2.65. The van der Waals surface area contributed by atoms with Crippen LogP contribution in [0.5, 0.6) is 5.75 Å². The molecule has 0 amide bonds. The van der Waals surface area contributed by atoms with Gasteiger partial charge in [-0.15, -0.1) is 0 Å². The van der Waals surface area contributed by atoms with Gasteiger partial charge in [0.1, 0.15) is 5.75 Å². The molecule has 3 N–H and O–H groups in total. The monoisotopic (exact) mass is 249 g/mol. The first-order chi connectivity index (χ1) is 4.61. The molecular formula is C7H8INO. The molecule has 0 saturated heterocycles. The van der Waals surface area contributed by atoms with Crippen molar-refractivity contribution in [3.05, 3.63) is 21.3 Å². The summed E-state index contributed by atoms with van der Waals surface area (Å²) >= 11 is 2.08. The Bertz CT molecular complexity index is 237. The Morgan fingerprint density at radius 1 is 1.50 bits per heavy atom. The topological polar surface area (TPSA) is 46.2 Å². The Morgan fingerprint density at radius 3 is 2.60 bits per heavy atom. The number of phenolic OH excluding ortho intramolecular Hbond substituents is 1. The number of phenols is 1. The number of rotatable bonds is 0. The Hall–Kier alpha value is -0.450. The number of nitrogens with two attached hydrogens (primary N) is 1. The summed E-state index contributed by atoms with van der Waals surface area (Å²) in [6, 6.07) is 3.39. The van der Waals surface area contributed by atoms with Crippen molar-refractivity contribution >= 4 is 28.3 Å². The quantitative estimate of drug-likeness (QED) is 0.544. The van der Waals surface area contributed by atoms with Gasteiger partial charge >= 0.3 is 0 Å². The van der Waals surface area contributed by atoms with Crippen LogP contribution in [0.25, 0.3) is 0 Å². The van der Waals surface area contributed by atoms with Gasteiger partial charge < -0.3 is 10.8 Å². The molecule has 0 aliphatic rings. The average molecular weight is 249 g/mol. The minimum Gasteiger partial charge on any atom is -0.507 e. The number of hydrogen-bond donors (Lipinski definition) is 2. The van der Waals surface area contributed by atoms with Crippen LogP contribution >= 0.6 is 22.6 Å². The van der Waals surface area contributed by atoms with Gasteiger partial charge in [0.15, 0.2) is 0 Å². The summed E-state index contributed by atoms with van der Waals surface area (Å²) in [6.07, 6.45) is 0. The fraction of sp³-hybridized carbons (Fsp3) is 0.143. The third-order valence-electron chi connectivity index (χ3n) is 1.26. The van der Waals surface area contributed by atoms with E-state index in [0.29, 0.717) is 5.69 Å². The maximum absolute atomic E-state index is 9.19. The first-order valence-corrected chi connectivity index (χ1v) is 3.93. The van der Waals surface area contributed by atoms with Crippen LogP contribution in [0, 0.1) is 10.5 Å². The van der Waals surface area contributed by atoms with Crippen molar-refractivity contribution in [1.82, 2.24) is 0 Å². The Kier molecular flexibility index (Phi) is 2.03. The molecule has 0 fully saturated rings. The van der Waals surface area contributed by atoms with Crippen molar-refractivity contribution in [2.45, 2.75) is 6.92 Å². The molecule has 0 bridgehead atoms. The van der Waals surface area contributed by atoms with Crippen molar-refractivity contribution in [3.8, 4) is 5.75 Å². The van der Waals surface area contributed by atoms with Crippen LogP contribution in [0.2, 0.25) is 0 Å². The second-order valence-corrected chi connectivity index (χ2v) is 3.25. The van der Waals surface area contributed by atoms with Gasteiger partial charge in [0, 0.05) is 11.8 Å². The molecule has 0 atom stereocenters. The van der Waals surface area contributed by atoms with E-state index in [0.717, 1.165) is 9.13 Å². The molecule has 0 aromatic heterocycles. The van der Waals surface area contributed by atoms with E-state index < -0.39 is 0 Å². The summed E-state index contributed by atoms with van der Waals surface area (Å²) in [5.74, 6) is 0.262. The Labute approximate surface area is 73.2 Å². The number of nitrogen functional groups attached to an aromatic ring is 1. The fourth-order valence-corrected chi connectivity index (χ4v) is 1.09. The zero-order chi connectivity index (χ0) is 7.72. The summed E-state index contributed by atoms with van der Waals surface area (Å²) < 4.78 is 0.867. The summed E-state index contributed by atoms with van der Waals surface area (Å²) in [6.45, 7) is 1.91. The number of aromatic hydroxyl groups is 1. The van der Waals surface area contributed by atoms with Crippen molar-refractivity contribution in [2.75, 3.05) is 5.73 Å². The van der Waals surface area contributed by atoms with Gasteiger partial charge in [-0.2, -0.15) is 0 Å². The normalized spacial score (nSPS) is 9.80. The first kappa shape index (κ1) is 7.65. The van der Waals surface area contributed by atoms with E-state index in [1.54, 1.807) is 6.07 Å². The molecule has 1 aromatic carbocycles.